The number of nitrogens with zero attached hydrogens (tertiary/aromatic N) is 7. The minimum atomic E-state index is 0.177. The Hall–Kier alpha value is -4.07. The van der Waals surface area contributed by atoms with Gasteiger partial charge in [0.1, 0.15) is 17.0 Å². The van der Waals surface area contributed by atoms with Crippen LogP contribution in [0, 0.1) is 6.92 Å². The third-order valence-electron chi connectivity index (χ3n) is 5.11. The average molecular weight is 410 g/mol. The van der Waals surface area contributed by atoms with Gasteiger partial charge < -0.3 is 5.73 Å². The van der Waals surface area contributed by atoms with Gasteiger partial charge in [0.15, 0.2) is 11.5 Å². The maximum atomic E-state index is 6.19. The van der Waals surface area contributed by atoms with Gasteiger partial charge in [-0.1, -0.05) is 17.7 Å². The van der Waals surface area contributed by atoms with E-state index in [2.05, 4.69) is 46.4 Å². The summed E-state index contributed by atoms with van der Waals surface area (Å²) in [5, 5.41) is 8.91. The lowest BCUT2D eigenvalue weighted by Crippen LogP contribution is -2.04. The molecule has 0 atom stereocenters. The molecule has 4 aromatic heterocycles. The van der Waals surface area contributed by atoms with E-state index in [-0.39, 0.29) is 6.04 Å². The zero-order valence-electron chi connectivity index (χ0n) is 17.6. The molecule has 0 saturated heterocycles. The number of nitrogen functional groups attached to an aromatic ring is 1. The van der Waals surface area contributed by atoms with Gasteiger partial charge >= 0.3 is 0 Å². The van der Waals surface area contributed by atoms with Gasteiger partial charge in [-0.25, -0.2) is 15.0 Å². The van der Waals surface area contributed by atoms with E-state index in [9.17, 15) is 0 Å². The number of rotatable bonds is 4. The highest BCUT2D eigenvalue weighted by Crippen LogP contribution is 2.31. The van der Waals surface area contributed by atoms with Crippen molar-refractivity contribution < 1.29 is 0 Å². The first-order valence-corrected chi connectivity index (χ1v) is 10.1. The predicted molar refractivity (Wildman–Crippen MR) is 121 cm³/mol. The Morgan fingerprint density at radius 2 is 1.74 bits per heavy atom. The summed E-state index contributed by atoms with van der Waals surface area (Å²) in [6.45, 7) is 6.14. The average Bonchev–Trinajstić information content (AvgIpc) is 3.40. The van der Waals surface area contributed by atoms with E-state index in [4.69, 9.17) is 15.7 Å². The van der Waals surface area contributed by atoms with Crippen LogP contribution in [-0.2, 0) is 0 Å². The minimum absolute atomic E-state index is 0.177. The number of aromatic nitrogens is 7. The van der Waals surface area contributed by atoms with Crippen molar-refractivity contribution in [2.45, 2.75) is 26.8 Å². The predicted octanol–water partition coefficient (Wildman–Crippen LogP) is 4.21. The molecule has 0 saturated carbocycles. The van der Waals surface area contributed by atoms with E-state index < -0.39 is 0 Å². The number of fused-ring (bicyclic) bond motifs is 1. The number of pyridine rings is 2. The number of imidazole rings is 1. The van der Waals surface area contributed by atoms with E-state index in [1.165, 1.54) is 5.56 Å². The topological polar surface area (TPSA) is 100 Å². The molecule has 0 spiro atoms. The normalized spacial score (nSPS) is 11.5. The summed E-state index contributed by atoms with van der Waals surface area (Å²) in [4.78, 5) is 15.7. The number of hydrogen-bond donors (Lipinski definition) is 1. The highest BCUT2D eigenvalue weighted by molar-refractivity contribution is 5.84. The third kappa shape index (κ3) is 3.31. The molecule has 8 heteroatoms. The van der Waals surface area contributed by atoms with Crippen LogP contribution < -0.4 is 5.73 Å². The lowest BCUT2D eigenvalue weighted by atomic mass is 10.2. The van der Waals surface area contributed by atoms with Crippen molar-refractivity contribution in [3.63, 3.8) is 0 Å². The van der Waals surface area contributed by atoms with Crippen LogP contribution in [-0.4, -0.2) is 34.5 Å². The summed E-state index contributed by atoms with van der Waals surface area (Å²) in [5.41, 5.74) is 12.0. The monoisotopic (exact) mass is 410 g/mol. The molecule has 0 amide bonds. The van der Waals surface area contributed by atoms with Gasteiger partial charge in [-0.05, 0) is 57.2 Å². The van der Waals surface area contributed by atoms with Crippen molar-refractivity contribution >= 4 is 17.0 Å². The molecule has 0 aliphatic rings. The van der Waals surface area contributed by atoms with Gasteiger partial charge in [0, 0.05) is 11.9 Å². The van der Waals surface area contributed by atoms with E-state index in [0.29, 0.717) is 11.6 Å². The Morgan fingerprint density at radius 1 is 0.935 bits per heavy atom. The molecule has 5 aromatic rings. The first-order valence-electron chi connectivity index (χ1n) is 10.1. The van der Waals surface area contributed by atoms with Crippen molar-refractivity contribution in [3.05, 3.63) is 66.5 Å². The standard InChI is InChI=1S/C23H22N8/c1-14(2)31-26-13-20(29-31)18-10-11-19-23(27-18)30(16-8-6-15(3)7-9-16)22(28-19)17-5-4-12-25-21(17)24/h4-14H,1-3H3,(H2,24,25). The van der Waals surface area contributed by atoms with Crippen LogP contribution in [0.5, 0.6) is 0 Å². The molecule has 5 rings (SSSR count). The molecule has 0 fully saturated rings. The van der Waals surface area contributed by atoms with Gasteiger partial charge in [-0.15, -0.1) is 0 Å². The maximum absolute atomic E-state index is 6.19. The van der Waals surface area contributed by atoms with Crippen molar-refractivity contribution in [3.8, 4) is 28.5 Å². The highest BCUT2D eigenvalue weighted by atomic mass is 15.5. The largest absolute Gasteiger partial charge is 0.383 e. The van der Waals surface area contributed by atoms with Gasteiger partial charge in [0.2, 0.25) is 0 Å². The smallest absolute Gasteiger partial charge is 0.165 e. The van der Waals surface area contributed by atoms with Gasteiger partial charge in [-0.2, -0.15) is 15.0 Å². The summed E-state index contributed by atoms with van der Waals surface area (Å²) in [6.07, 6.45) is 3.41. The Balaban J connectivity index is 1.76. The molecule has 4 heterocycles. The third-order valence-corrected chi connectivity index (χ3v) is 5.11. The van der Waals surface area contributed by atoms with Crippen LogP contribution in [0.4, 0.5) is 5.82 Å². The van der Waals surface area contributed by atoms with Crippen LogP contribution in [0.2, 0.25) is 0 Å². The zero-order chi connectivity index (χ0) is 21.5. The molecular weight excluding hydrogens is 388 g/mol. The second-order valence-corrected chi connectivity index (χ2v) is 7.73. The Labute approximate surface area is 179 Å². The quantitative estimate of drug-likeness (QED) is 0.476. The molecule has 2 N–H and O–H groups in total. The molecular formula is C23H22N8. The van der Waals surface area contributed by atoms with E-state index in [0.717, 1.165) is 33.8 Å². The Bertz CT molecular complexity index is 1380. The van der Waals surface area contributed by atoms with Crippen molar-refractivity contribution in [1.29, 1.82) is 0 Å². The summed E-state index contributed by atoms with van der Waals surface area (Å²) in [5.74, 6) is 1.12. The fourth-order valence-corrected chi connectivity index (χ4v) is 3.47. The van der Waals surface area contributed by atoms with Crippen LogP contribution in [0.3, 0.4) is 0 Å². The van der Waals surface area contributed by atoms with Crippen LogP contribution in [0.1, 0.15) is 25.5 Å². The van der Waals surface area contributed by atoms with Gasteiger partial charge in [-0.3, -0.25) is 4.57 Å². The molecule has 154 valence electrons. The number of nitrogens with two attached hydrogens (primary N) is 1. The second kappa shape index (κ2) is 7.32. The zero-order valence-corrected chi connectivity index (χ0v) is 17.6. The first kappa shape index (κ1) is 18.9. The molecule has 1 aromatic carbocycles. The fraction of sp³-hybridized carbons (Fsp3) is 0.174. The fourth-order valence-electron chi connectivity index (χ4n) is 3.47. The molecule has 0 aliphatic carbocycles. The first-order chi connectivity index (χ1) is 15.0. The van der Waals surface area contributed by atoms with E-state index in [1.54, 1.807) is 17.2 Å². The molecule has 31 heavy (non-hydrogen) atoms. The number of aryl methyl sites for hydroxylation is 1. The maximum Gasteiger partial charge on any atom is 0.165 e. The van der Waals surface area contributed by atoms with Gasteiger partial charge in [0.05, 0.1) is 23.5 Å². The Morgan fingerprint density at radius 3 is 2.45 bits per heavy atom. The summed E-state index contributed by atoms with van der Waals surface area (Å²) in [6, 6.07) is 16.1. The van der Waals surface area contributed by atoms with E-state index in [1.807, 2.05) is 42.7 Å². The molecule has 0 radical (unpaired) electrons. The van der Waals surface area contributed by atoms with Crippen molar-refractivity contribution in [2.24, 2.45) is 0 Å². The van der Waals surface area contributed by atoms with Crippen molar-refractivity contribution in [1.82, 2.24) is 34.5 Å². The van der Waals surface area contributed by atoms with Crippen LogP contribution in [0.25, 0.3) is 39.6 Å². The Kier molecular flexibility index (Phi) is 4.47. The molecule has 0 bridgehead atoms. The number of hydrogen-bond acceptors (Lipinski definition) is 6. The SMILES string of the molecule is Cc1ccc(-n2c(-c3cccnc3N)nc3ccc(-c4cnn(C(C)C)n4)nc32)cc1. The van der Waals surface area contributed by atoms with Crippen LogP contribution >= 0.6 is 0 Å². The second-order valence-electron chi connectivity index (χ2n) is 7.73. The van der Waals surface area contributed by atoms with E-state index >= 15 is 0 Å². The lowest BCUT2D eigenvalue weighted by Gasteiger charge is -2.10. The molecule has 0 aliphatic heterocycles. The van der Waals surface area contributed by atoms with Crippen LogP contribution in [0.15, 0.2) is 60.9 Å². The van der Waals surface area contributed by atoms with Gasteiger partial charge in [0.25, 0.3) is 0 Å². The number of benzene rings is 1. The summed E-state index contributed by atoms with van der Waals surface area (Å²) in [7, 11) is 0. The lowest BCUT2D eigenvalue weighted by molar-refractivity contribution is 0.467. The molecule has 0 unspecified atom stereocenters. The minimum Gasteiger partial charge on any atom is -0.383 e. The number of anilines is 1. The molecule has 8 nitrogen and oxygen atoms in total. The van der Waals surface area contributed by atoms with Crippen molar-refractivity contribution in [2.75, 3.05) is 5.73 Å². The highest BCUT2D eigenvalue weighted by Gasteiger charge is 2.19. The summed E-state index contributed by atoms with van der Waals surface area (Å²) < 4.78 is 2.01. The summed E-state index contributed by atoms with van der Waals surface area (Å²) >= 11 is 0.